The Labute approximate surface area is 126 Å². The number of aryl methyl sites for hydroxylation is 1. The first-order valence-electron chi connectivity index (χ1n) is 7.29. The van der Waals surface area contributed by atoms with Gasteiger partial charge >= 0.3 is 0 Å². The lowest BCUT2D eigenvalue weighted by Gasteiger charge is -2.19. The van der Waals surface area contributed by atoms with Gasteiger partial charge in [-0.2, -0.15) is 0 Å². The number of fused-ring (bicyclic) bond motifs is 3. The van der Waals surface area contributed by atoms with E-state index >= 15 is 0 Å². The van der Waals surface area contributed by atoms with Crippen LogP contribution in [0.25, 0.3) is 21.9 Å². The third kappa shape index (κ3) is 1.70. The van der Waals surface area contributed by atoms with E-state index < -0.39 is 0 Å². The van der Waals surface area contributed by atoms with Crippen molar-refractivity contribution in [2.75, 3.05) is 7.11 Å². The van der Waals surface area contributed by atoms with Crippen LogP contribution in [0.5, 0.6) is 5.75 Å². The summed E-state index contributed by atoms with van der Waals surface area (Å²) in [6.07, 6.45) is 2.11. The Hall–Kier alpha value is -2.62. The molecule has 4 heteroatoms. The number of benzene rings is 2. The van der Waals surface area contributed by atoms with Crippen LogP contribution in [0.4, 0.5) is 0 Å². The molecule has 2 aromatic carbocycles. The van der Waals surface area contributed by atoms with E-state index in [0.29, 0.717) is 39.7 Å². The molecule has 0 saturated carbocycles. The minimum absolute atomic E-state index is 0.0348. The lowest BCUT2D eigenvalue weighted by Crippen LogP contribution is -2.15. The fraction of sp³-hybridized carbons (Fsp3) is 0.222. The molecular formula is C18H14O4. The summed E-state index contributed by atoms with van der Waals surface area (Å²) < 4.78 is 11.3. The van der Waals surface area contributed by atoms with Gasteiger partial charge in [0, 0.05) is 6.42 Å². The minimum Gasteiger partial charge on any atom is -0.495 e. The second-order valence-electron chi connectivity index (χ2n) is 5.52. The maximum atomic E-state index is 12.8. The fourth-order valence-corrected chi connectivity index (χ4v) is 3.25. The molecule has 0 saturated heterocycles. The van der Waals surface area contributed by atoms with E-state index in [4.69, 9.17) is 9.15 Å². The van der Waals surface area contributed by atoms with Gasteiger partial charge in [-0.3, -0.25) is 9.59 Å². The number of carbonyl (C=O) groups excluding carboxylic acids is 1. The molecule has 0 amide bonds. The number of hydrogen-bond donors (Lipinski definition) is 0. The van der Waals surface area contributed by atoms with Crippen molar-refractivity contribution in [3.8, 4) is 5.75 Å². The van der Waals surface area contributed by atoms with Crippen molar-refractivity contribution < 1.29 is 13.9 Å². The Morgan fingerprint density at radius 3 is 2.73 bits per heavy atom. The van der Waals surface area contributed by atoms with E-state index in [1.54, 1.807) is 18.2 Å². The number of ketones is 1. The molecule has 1 aliphatic carbocycles. The van der Waals surface area contributed by atoms with Crippen molar-refractivity contribution in [1.82, 2.24) is 0 Å². The van der Waals surface area contributed by atoms with Gasteiger partial charge in [0.15, 0.2) is 5.78 Å². The highest BCUT2D eigenvalue weighted by Gasteiger charge is 2.26. The van der Waals surface area contributed by atoms with E-state index in [9.17, 15) is 9.59 Å². The number of ether oxygens (including phenoxy) is 1. The molecule has 0 bridgehead atoms. The first-order chi connectivity index (χ1) is 10.7. The molecule has 0 aliphatic heterocycles. The van der Waals surface area contributed by atoms with Gasteiger partial charge in [0.1, 0.15) is 22.3 Å². The molecule has 0 unspecified atom stereocenters. The highest BCUT2D eigenvalue weighted by atomic mass is 16.5. The summed E-state index contributed by atoms with van der Waals surface area (Å²) in [5, 5.41) is 0.853. The summed E-state index contributed by atoms with van der Waals surface area (Å²) in [6, 6.07) is 8.93. The average Bonchev–Trinajstić information content (AvgIpc) is 2.53. The molecule has 1 aliphatic rings. The third-order valence-electron chi connectivity index (χ3n) is 4.24. The number of Topliss-reactive ketones (excluding diaryl/α,β-unsaturated/α-hetero) is 1. The molecule has 4 nitrogen and oxygen atoms in total. The van der Waals surface area contributed by atoms with Gasteiger partial charge in [-0.25, -0.2) is 0 Å². The van der Waals surface area contributed by atoms with Crippen LogP contribution in [0.2, 0.25) is 0 Å². The lowest BCUT2D eigenvalue weighted by molar-refractivity contribution is 0.0969. The molecule has 0 radical (unpaired) electrons. The van der Waals surface area contributed by atoms with Gasteiger partial charge in [-0.05, 0) is 36.6 Å². The first kappa shape index (κ1) is 13.1. The van der Waals surface area contributed by atoms with Crippen LogP contribution in [-0.2, 0) is 6.42 Å². The van der Waals surface area contributed by atoms with Crippen LogP contribution < -0.4 is 10.2 Å². The Balaban J connectivity index is 2.24. The number of carbonyl (C=O) groups is 1. The average molecular weight is 294 g/mol. The molecule has 4 rings (SSSR count). The van der Waals surface area contributed by atoms with E-state index in [1.165, 1.54) is 7.11 Å². The Bertz CT molecular complexity index is 982. The quantitative estimate of drug-likeness (QED) is 0.645. The maximum absolute atomic E-state index is 12.8. The fourth-order valence-electron chi connectivity index (χ4n) is 3.25. The standard InChI is InChI=1S/C18H14O4/c1-21-18-15-10(5-4-7-12(15)19)9-14-16(18)17(20)11-6-2-3-8-13(11)22-14/h2-3,6,8-9H,4-5,7H2,1H3. The zero-order chi connectivity index (χ0) is 15.3. The Kier molecular flexibility index (Phi) is 2.79. The van der Waals surface area contributed by atoms with E-state index in [0.717, 1.165) is 18.4 Å². The largest absolute Gasteiger partial charge is 0.495 e. The van der Waals surface area contributed by atoms with E-state index in [1.807, 2.05) is 12.1 Å². The number of rotatable bonds is 1. The smallest absolute Gasteiger partial charge is 0.204 e. The van der Waals surface area contributed by atoms with Crippen molar-refractivity contribution in [1.29, 1.82) is 0 Å². The van der Waals surface area contributed by atoms with Crippen molar-refractivity contribution in [3.05, 3.63) is 51.7 Å². The van der Waals surface area contributed by atoms with Crippen molar-refractivity contribution in [2.24, 2.45) is 0 Å². The van der Waals surface area contributed by atoms with Crippen LogP contribution in [-0.4, -0.2) is 12.9 Å². The summed E-state index contributed by atoms with van der Waals surface area (Å²) in [5.74, 6) is 0.393. The van der Waals surface area contributed by atoms with Gasteiger partial charge in [-0.15, -0.1) is 0 Å². The van der Waals surface area contributed by atoms with Crippen LogP contribution in [0.1, 0.15) is 28.8 Å². The summed E-state index contributed by atoms with van der Waals surface area (Å²) in [7, 11) is 1.49. The predicted molar refractivity (Wildman–Crippen MR) is 83.8 cm³/mol. The van der Waals surface area contributed by atoms with E-state index in [-0.39, 0.29) is 11.2 Å². The van der Waals surface area contributed by atoms with Crippen molar-refractivity contribution in [3.63, 3.8) is 0 Å². The van der Waals surface area contributed by atoms with E-state index in [2.05, 4.69) is 0 Å². The van der Waals surface area contributed by atoms with Gasteiger partial charge < -0.3 is 9.15 Å². The number of methoxy groups -OCH3 is 1. The topological polar surface area (TPSA) is 56.5 Å². The molecule has 0 atom stereocenters. The Morgan fingerprint density at radius 2 is 1.91 bits per heavy atom. The van der Waals surface area contributed by atoms with Crippen molar-refractivity contribution >= 4 is 27.7 Å². The molecule has 0 spiro atoms. The first-order valence-corrected chi connectivity index (χ1v) is 7.29. The zero-order valence-corrected chi connectivity index (χ0v) is 12.1. The molecule has 0 fully saturated rings. The molecule has 0 N–H and O–H groups in total. The second kappa shape index (κ2) is 4.70. The van der Waals surface area contributed by atoms with Gasteiger partial charge in [0.05, 0.1) is 18.1 Å². The summed E-state index contributed by atoms with van der Waals surface area (Å²) in [6.45, 7) is 0. The monoisotopic (exact) mass is 294 g/mol. The van der Waals surface area contributed by atoms with Crippen LogP contribution in [0.3, 0.4) is 0 Å². The molecule has 1 aromatic heterocycles. The normalized spacial score (nSPS) is 14.3. The summed E-state index contributed by atoms with van der Waals surface area (Å²) in [5.41, 5.74) is 2.32. The van der Waals surface area contributed by atoms with Crippen molar-refractivity contribution in [2.45, 2.75) is 19.3 Å². The van der Waals surface area contributed by atoms with Gasteiger partial charge in [0.25, 0.3) is 0 Å². The molecule has 110 valence electrons. The zero-order valence-electron chi connectivity index (χ0n) is 12.1. The van der Waals surface area contributed by atoms with Crippen LogP contribution in [0.15, 0.2) is 39.5 Å². The molecule has 3 aromatic rings. The molecular weight excluding hydrogens is 280 g/mol. The third-order valence-corrected chi connectivity index (χ3v) is 4.24. The SMILES string of the molecule is COc1c2c(cc3oc4ccccc4c(=O)c13)CCCC2=O. The number of para-hydroxylation sites is 1. The number of hydrogen-bond acceptors (Lipinski definition) is 4. The highest BCUT2D eigenvalue weighted by molar-refractivity contribution is 6.07. The lowest BCUT2D eigenvalue weighted by atomic mass is 9.88. The van der Waals surface area contributed by atoms with Crippen LogP contribution in [0, 0.1) is 0 Å². The second-order valence-corrected chi connectivity index (χ2v) is 5.52. The molecule has 22 heavy (non-hydrogen) atoms. The van der Waals surface area contributed by atoms with Crippen LogP contribution >= 0.6 is 0 Å². The minimum atomic E-state index is -0.158. The maximum Gasteiger partial charge on any atom is 0.204 e. The summed E-state index contributed by atoms with van der Waals surface area (Å²) in [4.78, 5) is 25.1. The van der Waals surface area contributed by atoms with Gasteiger partial charge in [0.2, 0.25) is 5.43 Å². The molecule has 1 heterocycles. The Morgan fingerprint density at radius 1 is 1.09 bits per heavy atom. The van der Waals surface area contributed by atoms with Gasteiger partial charge in [-0.1, -0.05) is 12.1 Å². The summed E-state index contributed by atoms with van der Waals surface area (Å²) >= 11 is 0. The highest BCUT2D eigenvalue weighted by Crippen LogP contribution is 2.36. The predicted octanol–water partition coefficient (Wildman–Crippen LogP) is 3.47.